The average molecular weight is 311 g/mol. The number of allylic oxidation sites excluding steroid dienone is 4. The number of hydrogen-bond acceptors (Lipinski definition) is 0. The molecule has 1 heteroatoms. The molecule has 1 aliphatic rings. The van der Waals surface area contributed by atoms with E-state index in [2.05, 4.69) is 82.7 Å². The highest BCUT2D eigenvalue weighted by Gasteiger charge is 2.06. The summed E-state index contributed by atoms with van der Waals surface area (Å²) in [4.78, 5) is 0.486. The Morgan fingerprint density at radius 1 is 0.789 bits per heavy atom. The van der Waals surface area contributed by atoms with Crippen LogP contribution in [0.4, 0.5) is 0 Å². The number of benzene rings is 2. The van der Waals surface area contributed by atoms with Gasteiger partial charge in [0.15, 0.2) is 0 Å². The van der Waals surface area contributed by atoms with Gasteiger partial charge in [-0.3, -0.25) is 0 Å². The summed E-state index contributed by atoms with van der Waals surface area (Å²) >= 11 is 3.60. The first kappa shape index (κ1) is 12.4. The summed E-state index contributed by atoms with van der Waals surface area (Å²) in [5.74, 6) is 0. The average Bonchev–Trinajstić information content (AvgIpc) is 2.49. The van der Waals surface area contributed by atoms with Gasteiger partial charge in [-0.2, -0.15) is 0 Å². The molecular formula is C18H15Br. The highest BCUT2D eigenvalue weighted by atomic mass is 79.9. The molecule has 0 heterocycles. The molecular weight excluding hydrogens is 296 g/mol. The molecule has 0 radical (unpaired) electrons. The summed E-state index contributed by atoms with van der Waals surface area (Å²) in [5, 5.41) is 0. The van der Waals surface area contributed by atoms with Crippen molar-refractivity contribution in [2.45, 2.75) is 11.2 Å². The maximum atomic E-state index is 3.60. The topological polar surface area (TPSA) is 0 Å². The SMILES string of the molecule is BrC1C=CC(c2ccc(-c3ccccc3)cc2)=CC1. The lowest BCUT2D eigenvalue weighted by atomic mass is 9.97. The largest absolute Gasteiger partial charge is 0.0842 e. The van der Waals surface area contributed by atoms with Crippen molar-refractivity contribution in [1.29, 1.82) is 0 Å². The minimum atomic E-state index is 0.486. The van der Waals surface area contributed by atoms with E-state index in [1.807, 2.05) is 6.07 Å². The van der Waals surface area contributed by atoms with Crippen LogP contribution in [0.1, 0.15) is 12.0 Å². The van der Waals surface area contributed by atoms with Crippen molar-refractivity contribution in [3.8, 4) is 11.1 Å². The van der Waals surface area contributed by atoms with Crippen LogP contribution in [-0.2, 0) is 0 Å². The van der Waals surface area contributed by atoms with Gasteiger partial charge in [-0.15, -0.1) is 0 Å². The second-order valence-electron chi connectivity index (χ2n) is 4.71. The number of halogens is 1. The molecule has 0 spiro atoms. The maximum Gasteiger partial charge on any atom is 0.0363 e. The van der Waals surface area contributed by atoms with Gasteiger partial charge in [-0.05, 0) is 28.7 Å². The Labute approximate surface area is 122 Å². The second-order valence-corrected chi connectivity index (χ2v) is 5.89. The van der Waals surface area contributed by atoms with E-state index in [0.29, 0.717) is 4.83 Å². The van der Waals surface area contributed by atoms with Gasteiger partial charge >= 0.3 is 0 Å². The molecule has 94 valence electrons. The third-order valence-corrected chi connectivity index (χ3v) is 4.05. The third-order valence-electron chi connectivity index (χ3n) is 3.37. The first-order valence-corrected chi connectivity index (χ1v) is 7.43. The number of hydrogen-bond donors (Lipinski definition) is 0. The quantitative estimate of drug-likeness (QED) is 0.646. The highest BCUT2D eigenvalue weighted by molar-refractivity contribution is 9.09. The summed E-state index contributed by atoms with van der Waals surface area (Å²) in [6.45, 7) is 0. The summed E-state index contributed by atoms with van der Waals surface area (Å²) < 4.78 is 0. The minimum Gasteiger partial charge on any atom is -0.0842 e. The fraction of sp³-hybridized carbons (Fsp3) is 0.111. The highest BCUT2D eigenvalue weighted by Crippen LogP contribution is 2.26. The van der Waals surface area contributed by atoms with Crippen molar-refractivity contribution >= 4 is 21.5 Å². The van der Waals surface area contributed by atoms with Crippen molar-refractivity contribution in [3.05, 3.63) is 78.4 Å². The van der Waals surface area contributed by atoms with E-state index in [4.69, 9.17) is 0 Å². The minimum absolute atomic E-state index is 0.486. The molecule has 2 aromatic rings. The lowest BCUT2D eigenvalue weighted by Gasteiger charge is -2.11. The first-order chi connectivity index (χ1) is 9.33. The van der Waals surface area contributed by atoms with Crippen molar-refractivity contribution in [3.63, 3.8) is 0 Å². The van der Waals surface area contributed by atoms with E-state index in [9.17, 15) is 0 Å². The standard InChI is InChI=1S/C18H15Br/c19-18-12-10-17(11-13-18)16-8-6-15(7-9-16)14-4-2-1-3-5-14/h1-12,18H,13H2. The van der Waals surface area contributed by atoms with Gasteiger partial charge in [-0.1, -0.05) is 88.8 Å². The van der Waals surface area contributed by atoms with Crippen molar-refractivity contribution in [2.75, 3.05) is 0 Å². The van der Waals surface area contributed by atoms with Gasteiger partial charge < -0.3 is 0 Å². The van der Waals surface area contributed by atoms with Crippen LogP contribution in [0.5, 0.6) is 0 Å². The van der Waals surface area contributed by atoms with E-state index >= 15 is 0 Å². The molecule has 0 N–H and O–H groups in total. The summed E-state index contributed by atoms with van der Waals surface area (Å²) in [5.41, 5.74) is 5.14. The fourth-order valence-electron chi connectivity index (χ4n) is 2.29. The fourth-order valence-corrected chi connectivity index (χ4v) is 2.63. The Balaban J connectivity index is 1.86. The van der Waals surface area contributed by atoms with E-state index in [-0.39, 0.29) is 0 Å². The summed E-state index contributed by atoms with van der Waals surface area (Å²) in [7, 11) is 0. The smallest absolute Gasteiger partial charge is 0.0363 e. The predicted octanol–water partition coefficient (Wildman–Crippen LogP) is 5.46. The Kier molecular flexibility index (Phi) is 3.65. The molecule has 3 rings (SSSR count). The zero-order chi connectivity index (χ0) is 13.1. The van der Waals surface area contributed by atoms with Crippen LogP contribution in [0.2, 0.25) is 0 Å². The number of alkyl halides is 1. The normalized spacial score (nSPS) is 18.2. The van der Waals surface area contributed by atoms with Crippen molar-refractivity contribution in [2.24, 2.45) is 0 Å². The van der Waals surface area contributed by atoms with E-state index in [1.54, 1.807) is 0 Å². The third kappa shape index (κ3) is 2.87. The molecule has 0 amide bonds. The van der Waals surface area contributed by atoms with Gasteiger partial charge in [0, 0.05) is 4.83 Å². The number of rotatable bonds is 2. The Hall–Kier alpha value is -1.60. The molecule has 1 aliphatic carbocycles. The van der Waals surface area contributed by atoms with Crippen molar-refractivity contribution < 1.29 is 0 Å². The molecule has 0 fully saturated rings. The van der Waals surface area contributed by atoms with Crippen LogP contribution >= 0.6 is 15.9 Å². The Bertz CT molecular complexity index is 606. The summed E-state index contributed by atoms with van der Waals surface area (Å²) in [6, 6.07) is 19.3. The van der Waals surface area contributed by atoms with Gasteiger partial charge in [0.2, 0.25) is 0 Å². The molecule has 0 bridgehead atoms. The second kappa shape index (κ2) is 5.58. The molecule has 1 unspecified atom stereocenters. The molecule has 0 nitrogen and oxygen atoms in total. The lowest BCUT2D eigenvalue weighted by molar-refractivity contribution is 1.08. The predicted molar refractivity (Wildman–Crippen MR) is 86.3 cm³/mol. The molecule has 0 aliphatic heterocycles. The van der Waals surface area contributed by atoms with Crippen LogP contribution in [-0.4, -0.2) is 4.83 Å². The molecule has 19 heavy (non-hydrogen) atoms. The Morgan fingerprint density at radius 3 is 2.05 bits per heavy atom. The molecule has 0 saturated heterocycles. The Morgan fingerprint density at radius 2 is 1.42 bits per heavy atom. The van der Waals surface area contributed by atoms with Gasteiger partial charge in [0.1, 0.15) is 0 Å². The first-order valence-electron chi connectivity index (χ1n) is 6.51. The maximum absolute atomic E-state index is 3.60. The van der Waals surface area contributed by atoms with Crippen LogP contribution < -0.4 is 0 Å². The monoisotopic (exact) mass is 310 g/mol. The molecule has 1 atom stereocenters. The van der Waals surface area contributed by atoms with Crippen LogP contribution in [0.15, 0.2) is 72.8 Å². The van der Waals surface area contributed by atoms with Crippen LogP contribution in [0.3, 0.4) is 0 Å². The van der Waals surface area contributed by atoms with Crippen LogP contribution in [0, 0.1) is 0 Å². The van der Waals surface area contributed by atoms with Gasteiger partial charge in [0.25, 0.3) is 0 Å². The van der Waals surface area contributed by atoms with E-state index < -0.39 is 0 Å². The zero-order valence-electron chi connectivity index (χ0n) is 10.6. The summed E-state index contributed by atoms with van der Waals surface area (Å²) in [6.07, 6.45) is 7.75. The van der Waals surface area contributed by atoms with Gasteiger partial charge in [-0.25, -0.2) is 0 Å². The molecule has 0 saturated carbocycles. The molecule has 0 aromatic heterocycles. The molecule has 2 aromatic carbocycles. The van der Waals surface area contributed by atoms with Crippen molar-refractivity contribution in [1.82, 2.24) is 0 Å². The van der Waals surface area contributed by atoms with E-state index in [0.717, 1.165) is 6.42 Å². The lowest BCUT2D eigenvalue weighted by Crippen LogP contribution is -1.96. The van der Waals surface area contributed by atoms with Crippen LogP contribution in [0.25, 0.3) is 16.7 Å². The van der Waals surface area contributed by atoms with Gasteiger partial charge in [0.05, 0.1) is 0 Å². The van der Waals surface area contributed by atoms with E-state index in [1.165, 1.54) is 22.3 Å². The zero-order valence-corrected chi connectivity index (χ0v) is 12.2.